The molecule has 0 saturated carbocycles. The molecule has 4 rings (SSSR count). The van der Waals surface area contributed by atoms with Crippen LogP contribution >= 0.6 is 22.9 Å². The first kappa shape index (κ1) is 20.7. The molecule has 2 aromatic heterocycles. The van der Waals surface area contributed by atoms with E-state index in [0.29, 0.717) is 27.7 Å². The first-order valence-electron chi connectivity index (χ1n) is 9.09. The molecule has 0 amide bonds. The fourth-order valence-electron chi connectivity index (χ4n) is 2.96. The number of rotatable bonds is 7. The Kier molecular flexibility index (Phi) is 5.74. The van der Waals surface area contributed by atoms with Gasteiger partial charge in [0.25, 0.3) is 0 Å². The zero-order valence-corrected chi connectivity index (χ0v) is 18.2. The molecule has 8 nitrogen and oxygen atoms in total. The van der Waals surface area contributed by atoms with Gasteiger partial charge in [0, 0.05) is 17.1 Å². The van der Waals surface area contributed by atoms with Crippen molar-refractivity contribution in [3.8, 4) is 11.4 Å². The van der Waals surface area contributed by atoms with Crippen molar-refractivity contribution in [3.63, 3.8) is 0 Å². The number of benzene rings is 2. The molecule has 0 spiro atoms. The Labute approximate surface area is 181 Å². The van der Waals surface area contributed by atoms with Crippen molar-refractivity contribution in [2.24, 2.45) is 0 Å². The zero-order valence-electron chi connectivity index (χ0n) is 15.8. The van der Waals surface area contributed by atoms with E-state index in [4.69, 9.17) is 16.1 Å². The summed E-state index contributed by atoms with van der Waals surface area (Å²) in [5.74, 6) is 0.434. The zero-order chi connectivity index (χ0) is 21.3. The summed E-state index contributed by atoms with van der Waals surface area (Å²) in [6.45, 7) is 2.41. The van der Waals surface area contributed by atoms with E-state index in [1.807, 2.05) is 6.92 Å². The number of aromatic nitrogens is 3. The number of fused-ring (bicyclic) bond motifs is 1. The summed E-state index contributed by atoms with van der Waals surface area (Å²) in [5.41, 5.74) is 1.39. The smallest absolute Gasteiger partial charge is 0.308 e. The van der Waals surface area contributed by atoms with E-state index in [0.717, 1.165) is 23.3 Å². The molecule has 11 heteroatoms. The topological polar surface area (TPSA) is 107 Å². The molecule has 0 fully saturated rings. The molecular weight excluding hydrogens is 448 g/mol. The Bertz CT molecular complexity index is 1370. The van der Waals surface area contributed by atoms with E-state index in [9.17, 15) is 13.2 Å². The van der Waals surface area contributed by atoms with Gasteiger partial charge in [0.15, 0.2) is 0 Å². The highest BCUT2D eigenvalue weighted by atomic mass is 35.5. The minimum Gasteiger partial charge on any atom is -0.338 e. The van der Waals surface area contributed by atoms with Crippen molar-refractivity contribution in [2.45, 2.75) is 31.3 Å². The number of nitrogens with zero attached hydrogens (tertiary/aromatic N) is 3. The summed E-state index contributed by atoms with van der Waals surface area (Å²) in [6, 6.07) is 11.6. The predicted octanol–water partition coefficient (Wildman–Crippen LogP) is 3.65. The summed E-state index contributed by atoms with van der Waals surface area (Å²) < 4.78 is 35.2. The van der Waals surface area contributed by atoms with E-state index < -0.39 is 10.0 Å². The molecule has 4 aromatic rings. The van der Waals surface area contributed by atoms with Crippen molar-refractivity contribution in [2.75, 3.05) is 0 Å². The molecule has 156 valence electrons. The van der Waals surface area contributed by atoms with Gasteiger partial charge in [-0.2, -0.15) is 4.98 Å². The van der Waals surface area contributed by atoms with E-state index in [1.54, 1.807) is 34.9 Å². The van der Waals surface area contributed by atoms with Crippen LogP contribution in [0.3, 0.4) is 0 Å². The molecule has 0 saturated heterocycles. The van der Waals surface area contributed by atoms with Crippen LogP contribution in [0.2, 0.25) is 5.02 Å². The lowest BCUT2D eigenvalue weighted by molar-refractivity contribution is 0.376. The average Bonchev–Trinajstić information content (AvgIpc) is 3.31. The van der Waals surface area contributed by atoms with E-state index >= 15 is 0 Å². The number of hydrogen-bond donors (Lipinski definition) is 1. The molecular formula is C19H17ClN4O4S2. The van der Waals surface area contributed by atoms with Crippen molar-refractivity contribution in [1.82, 2.24) is 19.4 Å². The number of halogens is 1. The van der Waals surface area contributed by atoms with E-state index in [2.05, 4.69) is 14.9 Å². The highest BCUT2D eigenvalue weighted by Crippen LogP contribution is 2.23. The van der Waals surface area contributed by atoms with E-state index in [-0.39, 0.29) is 22.2 Å². The number of hydrogen-bond acceptors (Lipinski definition) is 7. The predicted molar refractivity (Wildman–Crippen MR) is 115 cm³/mol. The Balaban J connectivity index is 1.53. The lowest BCUT2D eigenvalue weighted by atomic mass is 10.2. The van der Waals surface area contributed by atoms with Gasteiger partial charge in [-0.25, -0.2) is 13.1 Å². The molecule has 0 aliphatic heterocycles. The number of thiazole rings is 1. The molecule has 0 radical (unpaired) electrons. The van der Waals surface area contributed by atoms with Crippen LogP contribution in [-0.4, -0.2) is 23.1 Å². The average molecular weight is 465 g/mol. The first-order chi connectivity index (χ1) is 14.4. The Morgan fingerprint density at radius 2 is 2.07 bits per heavy atom. The SMILES string of the molecule is CCCn1c(=O)sc2cc(S(=O)(=O)NCc3nc(-c4cccc(Cl)c4)no3)ccc21. The number of sulfonamides is 1. The van der Waals surface area contributed by atoms with Crippen LogP contribution in [0.25, 0.3) is 21.6 Å². The second-order valence-electron chi connectivity index (χ2n) is 6.50. The molecule has 0 atom stereocenters. The van der Waals surface area contributed by atoms with Gasteiger partial charge in [0.1, 0.15) is 0 Å². The third kappa shape index (κ3) is 4.17. The van der Waals surface area contributed by atoms with Crippen molar-refractivity contribution < 1.29 is 12.9 Å². The quantitative estimate of drug-likeness (QED) is 0.447. The van der Waals surface area contributed by atoms with Crippen molar-refractivity contribution in [3.05, 3.63) is 63.0 Å². The fraction of sp³-hybridized carbons (Fsp3) is 0.211. The third-order valence-electron chi connectivity index (χ3n) is 4.36. The Morgan fingerprint density at radius 3 is 2.83 bits per heavy atom. The summed E-state index contributed by atoms with van der Waals surface area (Å²) in [7, 11) is -3.83. The normalized spacial score (nSPS) is 11.9. The third-order valence-corrected chi connectivity index (χ3v) is 6.94. The molecule has 0 aliphatic rings. The lowest BCUT2D eigenvalue weighted by Crippen LogP contribution is -2.23. The molecule has 0 unspecified atom stereocenters. The Morgan fingerprint density at radius 1 is 1.23 bits per heavy atom. The van der Waals surface area contributed by atoms with Crippen LogP contribution in [0.15, 0.2) is 56.7 Å². The second-order valence-corrected chi connectivity index (χ2v) is 9.69. The van der Waals surface area contributed by atoms with Crippen LogP contribution in [0.1, 0.15) is 19.2 Å². The highest BCUT2D eigenvalue weighted by molar-refractivity contribution is 7.89. The van der Waals surface area contributed by atoms with Crippen LogP contribution in [0, 0.1) is 0 Å². The minimum atomic E-state index is -3.83. The molecule has 30 heavy (non-hydrogen) atoms. The molecule has 1 N–H and O–H groups in total. The largest absolute Gasteiger partial charge is 0.338 e. The van der Waals surface area contributed by atoms with Gasteiger partial charge in [-0.05, 0) is 36.8 Å². The maximum Gasteiger partial charge on any atom is 0.308 e. The molecule has 0 aliphatic carbocycles. The minimum absolute atomic E-state index is 0.0643. The molecule has 2 aromatic carbocycles. The van der Waals surface area contributed by atoms with Gasteiger partial charge in [-0.3, -0.25) is 9.36 Å². The van der Waals surface area contributed by atoms with Gasteiger partial charge in [0.2, 0.25) is 21.7 Å². The number of nitrogens with one attached hydrogen (secondary N) is 1. The Hall–Kier alpha value is -2.53. The van der Waals surface area contributed by atoms with Gasteiger partial charge in [-0.15, -0.1) is 0 Å². The van der Waals surface area contributed by atoms with Gasteiger partial charge < -0.3 is 4.52 Å². The van der Waals surface area contributed by atoms with Crippen LogP contribution in [-0.2, 0) is 23.1 Å². The van der Waals surface area contributed by atoms with Gasteiger partial charge >= 0.3 is 4.87 Å². The van der Waals surface area contributed by atoms with Gasteiger partial charge in [-0.1, -0.05) is 47.2 Å². The molecule has 2 heterocycles. The summed E-state index contributed by atoms with van der Waals surface area (Å²) >= 11 is 6.99. The van der Waals surface area contributed by atoms with Crippen molar-refractivity contribution >= 4 is 43.2 Å². The summed E-state index contributed by atoms with van der Waals surface area (Å²) in [5, 5.41) is 4.39. The maximum absolute atomic E-state index is 12.7. The highest BCUT2D eigenvalue weighted by Gasteiger charge is 2.18. The van der Waals surface area contributed by atoms with E-state index in [1.165, 1.54) is 12.1 Å². The van der Waals surface area contributed by atoms with Crippen LogP contribution in [0.5, 0.6) is 0 Å². The van der Waals surface area contributed by atoms with Crippen LogP contribution in [0.4, 0.5) is 0 Å². The lowest BCUT2D eigenvalue weighted by Gasteiger charge is -2.05. The summed E-state index contributed by atoms with van der Waals surface area (Å²) in [6.07, 6.45) is 0.814. The standard InChI is InChI=1S/C19H17ClN4O4S2/c1-2-8-24-15-7-6-14(10-16(15)29-19(24)25)30(26,27)21-11-17-22-18(23-28-17)12-4-3-5-13(20)9-12/h3-7,9-10,21H,2,8,11H2,1H3. The maximum atomic E-state index is 12.7. The van der Waals surface area contributed by atoms with Crippen LogP contribution < -0.4 is 9.60 Å². The van der Waals surface area contributed by atoms with Gasteiger partial charge in [0.05, 0.1) is 21.7 Å². The molecule has 0 bridgehead atoms. The van der Waals surface area contributed by atoms with Crippen molar-refractivity contribution in [1.29, 1.82) is 0 Å². The second kappa shape index (κ2) is 8.31. The monoisotopic (exact) mass is 464 g/mol. The number of aryl methyl sites for hydroxylation is 1. The first-order valence-corrected chi connectivity index (χ1v) is 11.8. The fourth-order valence-corrected chi connectivity index (χ4v) is 5.18. The summed E-state index contributed by atoms with van der Waals surface area (Å²) in [4.78, 5) is 16.3.